The maximum absolute atomic E-state index is 16.3. The number of alkyl halides is 3. The molecule has 6 aromatic heterocycles. The molecule has 0 unspecified atom stereocenters. The van der Waals surface area contributed by atoms with Gasteiger partial charge in [-0.25, -0.2) is 59.8 Å². The molecule has 0 saturated heterocycles. The van der Waals surface area contributed by atoms with Crippen molar-refractivity contribution in [2.75, 3.05) is 0 Å². The maximum atomic E-state index is 16.3. The molecule has 0 N–H and O–H groups in total. The lowest BCUT2D eigenvalue weighted by Gasteiger charge is -2.22. The van der Waals surface area contributed by atoms with Crippen molar-refractivity contribution in [2.24, 2.45) is 0 Å². The van der Waals surface area contributed by atoms with Crippen molar-refractivity contribution in [1.29, 1.82) is 5.26 Å². The van der Waals surface area contributed by atoms with Gasteiger partial charge in [0.25, 0.3) is 0 Å². The van der Waals surface area contributed by atoms with Crippen LogP contribution in [0.4, 0.5) is 13.2 Å². The Bertz CT molecular complexity index is 4180. The summed E-state index contributed by atoms with van der Waals surface area (Å²) in [5, 5.41) is 13.2. The third-order valence-electron chi connectivity index (χ3n) is 13.2. The van der Waals surface area contributed by atoms with E-state index in [1.807, 2.05) is 81.9 Å². The highest BCUT2D eigenvalue weighted by Crippen LogP contribution is 2.46. The van der Waals surface area contributed by atoms with Crippen LogP contribution in [0.5, 0.6) is 0 Å². The Labute approximate surface area is 432 Å². The van der Waals surface area contributed by atoms with Crippen LogP contribution in [0.3, 0.4) is 0 Å². The predicted octanol–water partition coefficient (Wildman–Crippen LogP) is 12.3. The predicted molar refractivity (Wildman–Crippen MR) is 283 cm³/mol. The van der Waals surface area contributed by atoms with E-state index in [2.05, 4.69) is 26.0 Å². The van der Waals surface area contributed by atoms with Crippen LogP contribution in [0.2, 0.25) is 0 Å². The Balaban J connectivity index is 1.29. The molecule has 0 fully saturated rings. The van der Waals surface area contributed by atoms with Crippen molar-refractivity contribution in [1.82, 2.24) is 68.9 Å². The minimum absolute atomic E-state index is 0.146. The number of fused-ring (bicyclic) bond motifs is 6. The van der Waals surface area contributed by atoms with E-state index in [0.29, 0.717) is 120 Å². The van der Waals surface area contributed by atoms with Crippen molar-refractivity contribution in [3.63, 3.8) is 0 Å². The molecule has 15 nitrogen and oxygen atoms in total. The Kier molecular flexibility index (Phi) is 11.0. The second kappa shape index (κ2) is 17.7. The van der Waals surface area contributed by atoms with E-state index in [1.54, 1.807) is 79.7 Å². The van der Waals surface area contributed by atoms with Gasteiger partial charge in [0.1, 0.15) is 46.6 Å². The summed E-state index contributed by atoms with van der Waals surface area (Å²) in [6.07, 6.45) is -4.90. The third kappa shape index (κ3) is 8.27. The summed E-state index contributed by atoms with van der Waals surface area (Å²) < 4.78 is 52.8. The molecular weight excluding hydrogens is 964 g/mol. The number of hydrogen-bond acceptors (Lipinski definition) is 13. The van der Waals surface area contributed by atoms with Gasteiger partial charge in [0.2, 0.25) is 0 Å². The average molecular weight is 1010 g/mol. The van der Waals surface area contributed by atoms with Crippen LogP contribution < -0.4 is 0 Å². The molecule has 0 radical (unpaired) electrons. The number of nitrogens with zero attached hydrogens (tertiary/aromatic N) is 15. The van der Waals surface area contributed by atoms with E-state index in [-0.39, 0.29) is 22.4 Å². The normalized spacial score (nSPS) is 11.9. The second-order valence-corrected chi connectivity index (χ2v) is 18.7. The van der Waals surface area contributed by atoms with Gasteiger partial charge < -0.3 is 9.13 Å². The molecule has 0 aliphatic carbocycles. The minimum Gasteiger partial charge on any atom is -0.307 e. The van der Waals surface area contributed by atoms with Gasteiger partial charge in [-0.05, 0) is 115 Å². The number of aryl methyl sites for hydroxylation is 8. The van der Waals surface area contributed by atoms with Crippen molar-refractivity contribution in [3.8, 4) is 74.1 Å². The zero-order valence-corrected chi connectivity index (χ0v) is 42.2. The molecule has 0 atom stereocenters. The molecule has 6 heterocycles. The van der Waals surface area contributed by atoms with Crippen molar-refractivity contribution in [3.05, 3.63) is 167 Å². The Morgan fingerprint density at radius 2 is 0.684 bits per heavy atom. The van der Waals surface area contributed by atoms with E-state index >= 15 is 13.2 Å². The van der Waals surface area contributed by atoms with E-state index in [0.717, 1.165) is 21.5 Å². The largest absolute Gasteiger partial charge is 0.417 e. The number of aromatic nitrogens is 14. The van der Waals surface area contributed by atoms with Gasteiger partial charge in [-0.15, -0.1) is 0 Å². The quantitative estimate of drug-likeness (QED) is 0.147. The van der Waals surface area contributed by atoms with Gasteiger partial charge in [-0.3, -0.25) is 0 Å². The molecule has 12 rings (SSSR count). The van der Waals surface area contributed by atoms with E-state index in [9.17, 15) is 5.26 Å². The third-order valence-corrected chi connectivity index (χ3v) is 13.2. The summed E-state index contributed by atoms with van der Waals surface area (Å²) in [6, 6.07) is 34.4. The van der Waals surface area contributed by atoms with Gasteiger partial charge in [-0.2, -0.15) is 18.4 Å². The summed E-state index contributed by atoms with van der Waals surface area (Å²) in [7, 11) is 0. The first-order chi connectivity index (χ1) is 36.5. The molecule has 0 aliphatic rings. The monoisotopic (exact) mass is 1010 g/mol. The minimum atomic E-state index is -4.90. The molecule has 0 aliphatic heterocycles. The summed E-state index contributed by atoms with van der Waals surface area (Å²) >= 11 is 0. The standard InChI is InChI=1S/C58H42F3N15/c1-28-63-29(2)68-54(67-28)38-12-16-42-43-17-13-39(55-69-30(3)64-31(4)70-55)22-49(43)75(48(42)21-38)52-25-46(37-11-9-10-36(20-37)27-62)47(58(59,60)61)26-53(52)76-50-23-40(56-71-32(5)65-33(6)72-56)14-18-44(50)45-19-15-41(24-51(45)76)57-73-34(7)66-35(8)74-57/h9-26H,1-8H3. The first-order valence-corrected chi connectivity index (χ1v) is 24.2. The first-order valence-electron chi connectivity index (χ1n) is 24.2. The van der Waals surface area contributed by atoms with E-state index in [4.69, 9.17) is 39.9 Å². The van der Waals surface area contributed by atoms with Crippen molar-refractivity contribution in [2.45, 2.75) is 61.6 Å². The Hall–Kier alpha value is -9.76. The topological polar surface area (TPSA) is 188 Å². The smallest absolute Gasteiger partial charge is 0.307 e. The second-order valence-electron chi connectivity index (χ2n) is 18.7. The highest BCUT2D eigenvalue weighted by atomic mass is 19.4. The molecule has 370 valence electrons. The highest BCUT2D eigenvalue weighted by molar-refractivity contribution is 6.13. The SMILES string of the molecule is Cc1nc(C)nc(-c2ccc3c4ccc(-c5nc(C)nc(C)n5)cc4n(-c4cc(-c5cccc(C#N)c5)c(C(F)(F)F)cc4-n4c5cc(-c6nc(C)nc(C)n6)ccc5c5ccc(-c6nc(C)nc(C)n6)cc54)c3c2)n1. The van der Waals surface area contributed by atoms with Crippen LogP contribution in [0.15, 0.2) is 109 Å². The average Bonchev–Trinajstić information content (AvgIpc) is 3.88. The van der Waals surface area contributed by atoms with Gasteiger partial charge >= 0.3 is 6.18 Å². The summed E-state index contributed by atoms with van der Waals surface area (Å²) in [5.74, 6) is 5.82. The zero-order valence-electron chi connectivity index (χ0n) is 42.2. The molecule has 76 heavy (non-hydrogen) atoms. The van der Waals surface area contributed by atoms with Crippen molar-refractivity contribution < 1.29 is 13.2 Å². The van der Waals surface area contributed by atoms with Gasteiger partial charge in [0.05, 0.1) is 50.6 Å². The van der Waals surface area contributed by atoms with Crippen LogP contribution in [-0.4, -0.2) is 68.9 Å². The lowest BCUT2D eigenvalue weighted by Crippen LogP contribution is -2.12. The lowest BCUT2D eigenvalue weighted by atomic mass is 9.95. The van der Waals surface area contributed by atoms with Crippen molar-refractivity contribution >= 4 is 43.6 Å². The number of benzene rings is 6. The molecule has 18 heteroatoms. The number of rotatable bonds is 7. The molecule has 0 saturated carbocycles. The molecule has 0 amide bonds. The molecule has 12 aromatic rings. The number of nitriles is 1. The maximum Gasteiger partial charge on any atom is 0.417 e. The van der Waals surface area contributed by atoms with Gasteiger partial charge in [-0.1, -0.05) is 60.7 Å². The summed E-state index contributed by atoms with van der Waals surface area (Å²) in [6.45, 7) is 14.3. The highest BCUT2D eigenvalue weighted by Gasteiger charge is 2.36. The molecule has 0 bridgehead atoms. The summed E-state index contributed by atoms with van der Waals surface area (Å²) in [4.78, 5) is 55.4. The van der Waals surface area contributed by atoms with Crippen LogP contribution in [-0.2, 0) is 6.18 Å². The fraction of sp³-hybridized carbons (Fsp3) is 0.155. The van der Waals surface area contributed by atoms with E-state index < -0.39 is 11.7 Å². The van der Waals surface area contributed by atoms with Crippen LogP contribution >= 0.6 is 0 Å². The fourth-order valence-corrected chi connectivity index (χ4v) is 10.3. The Morgan fingerprint density at radius 3 is 0.987 bits per heavy atom. The first kappa shape index (κ1) is 47.3. The Morgan fingerprint density at radius 1 is 0.368 bits per heavy atom. The van der Waals surface area contributed by atoms with Gasteiger partial charge in [0.15, 0.2) is 23.3 Å². The molecule has 6 aromatic carbocycles. The summed E-state index contributed by atoms with van der Waals surface area (Å²) in [5.41, 5.74) is 4.79. The molecular formula is C58H42F3N15. The zero-order chi connectivity index (χ0) is 52.9. The molecule has 0 spiro atoms. The van der Waals surface area contributed by atoms with Gasteiger partial charge in [0, 0.05) is 43.8 Å². The van der Waals surface area contributed by atoms with Crippen LogP contribution in [0, 0.1) is 66.7 Å². The number of halogens is 3. The fourth-order valence-electron chi connectivity index (χ4n) is 10.3. The number of hydrogen-bond donors (Lipinski definition) is 0. The lowest BCUT2D eigenvalue weighted by molar-refractivity contribution is -0.137. The van der Waals surface area contributed by atoms with Crippen LogP contribution in [0.25, 0.3) is 112 Å². The van der Waals surface area contributed by atoms with Crippen LogP contribution in [0.1, 0.15) is 57.7 Å². The van der Waals surface area contributed by atoms with E-state index in [1.165, 1.54) is 12.1 Å².